The molecule has 1 amide bonds. The Bertz CT molecular complexity index is 341. The van der Waals surface area contributed by atoms with Crippen LogP contribution in [0.15, 0.2) is 0 Å². The summed E-state index contributed by atoms with van der Waals surface area (Å²) in [6.45, 7) is 2.66. The van der Waals surface area contributed by atoms with E-state index in [-0.39, 0.29) is 30.2 Å². The van der Waals surface area contributed by atoms with Crippen molar-refractivity contribution in [3.63, 3.8) is 0 Å². The van der Waals surface area contributed by atoms with Crippen molar-refractivity contribution in [2.45, 2.75) is 58.3 Å². The summed E-state index contributed by atoms with van der Waals surface area (Å²) in [5.74, 6) is -0.422. The van der Waals surface area contributed by atoms with Crippen LogP contribution in [-0.2, 0) is 19.1 Å². The van der Waals surface area contributed by atoms with Crippen molar-refractivity contribution in [2.75, 3.05) is 13.2 Å². The Morgan fingerprint density at radius 2 is 2.05 bits per heavy atom. The predicted octanol–water partition coefficient (Wildman–Crippen LogP) is 1.99. The average Bonchev–Trinajstić information content (AvgIpc) is 2.84. The lowest BCUT2D eigenvalue weighted by atomic mass is 10.0. The molecular weight excluding hydrogens is 258 g/mol. The van der Waals surface area contributed by atoms with Crippen LogP contribution in [0.1, 0.15) is 58.3 Å². The Balaban J connectivity index is 2.04. The lowest BCUT2D eigenvalue weighted by molar-refractivity contribution is -0.148. The SMILES string of the molecule is CCCCCCC(=O)OCC(=O)CC[C@H]1CCNC1=O. The summed E-state index contributed by atoms with van der Waals surface area (Å²) in [4.78, 5) is 34.3. The van der Waals surface area contributed by atoms with Crippen molar-refractivity contribution in [3.8, 4) is 0 Å². The number of unbranched alkanes of at least 4 members (excludes halogenated alkanes) is 3. The van der Waals surface area contributed by atoms with E-state index >= 15 is 0 Å². The number of ketones is 1. The van der Waals surface area contributed by atoms with Crippen LogP contribution in [0, 0.1) is 5.92 Å². The maximum atomic E-state index is 11.6. The van der Waals surface area contributed by atoms with Gasteiger partial charge in [-0.05, 0) is 19.3 Å². The Morgan fingerprint density at radius 3 is 2.70 bits per heavy atom. The third-order valence-electron chi connectivity index (χ3n) is 3.56. The maximum absolute atomic E-state index is 11.6. The van der Waals surface area contributed by atoms with E-state index in [4.69, 9.17) is 4.74 Å². The molecule has 0 aliphatic carbocycles. The zero-order chi connectivity index (χ0) is 14.8. The Kier molecular flexibility index (Phi) is 7.92. The zero-order valence-corrected chi connectivity index (χ0v) is 12.3. The smallest absolute Gasteiger partial charge is 0.306 e. The molecule has 20 heavy (non-hydrogen) atoms. The van der Waals surface area contributed by atoms with E-state index in [1.807, 2.05) is 0 Å². The molecule has 1 fully saturated rings. The van der Waals surface area contributed by atoms with Gasteiger partial charge in [0.1, 0.15) is 6.61 Å². The molecule has 0 spiro atoms. The molecule has 0 aromatic carbocycles. The van der Waals surface area contributed by atoms with Crippen molar-refractivity contribution in [3.05, 3.63) is 0 Å². The van der Waals surface area contributed by atoms with Gasteiger partial charge in [-0.25, -0.2) is 0 Å². The quantitative estimate of drug-likeness (QED) is 0.491. The fraction of sp³-hybridized carbons (Fsp3) is 0.800. The summed E-state index contributed by atoms with van der Waals surface area (Å²) in [7, 11) is 0. The normalized spacial score (nSPS) is 17.9. The summed E-state index contributed by atoms with van der Waals surface area (Å²) in [6.07, 6.45) is 6.14. The number of carbonyl (C=O) groups is 3. The Hall–Kier alpha value is -1.39. The van der Waals surface area contributed by atoms with Gasteiger partial charge in [0.05, 0.1) is 0 Å². The third-order valence-corrected chi connectivity index (χ3v) is 3.56. The molecule has 114 valence electrons. The summed E-state index contributed by atoms with van der Waals surface area (Å²) in [5.41, 5.74) is 0. The van der Waals surface area contributed by atoms with E-state index in [0.29, 0.717) is 25.8 Å². The monoisotopic (exact) mass is 283 g/mol. The second kappa shape index (κ2) is 9.50. The first-order valence-corrected chi connectivity index (χ1v) is 7.58. The zero-order valence-electron chi connectivity index (χ0n) is 12.3. The molecule has 1 aliphatic rings. The van der Waals surface area contributed by atoms with Gasteiger partial charge in [-0.3, -0.25) is 14.4 Å². The molecule has 0 radical (unpaired) electrons. The van der Waals surface area contributed by atoms with Crippen molar-refractivity contribution in [2.24, 2.45) is 5.92 Å². The largest absolute Gasteiger partial charge is 0.458 e. The number of carbonyl (C=O) groups excluding carboxylic acids is 3. The van der Waals surface area contributed by atoms with E-state index in [2.05, 4.69) is 12.2 Å². The number of nitrogens with one attached hydrogen (secondary N) is 1. The number of hydrogen-bond donors (Lipinski definition) is 1. The summed E-state index contributed by atoms with van der Waals surface area (Å²) >= 11 is 0. The fourth-order valence-corrected chi connectivity index (χ4v) is 2.26. The van der Waals surface area contributed by atoms with Gasteiger partial charge in [0.25, 0.3) is 0 Å². The molecular formula is C15H25NO4. The summed E-state index contributed by atoms with van der Waals surface area (Å²) in [5, 5.41) is 2.74. The highest BCUT2D eigenvalue weighted by Crippen LogP contribution is 2.16. The minimum absolute atomic E-state index is 0.0331. The van der Waals surface area contributed by atoms with Crippen molar-refractivity contribution in [1.82, 2.24) is 5.32 Å². The molecule has 1 heterocycles. The highest BCUT2D eigenvalue weighted by atomic mass is 16.5. The van der Waals surface area contributed by atoms with E-state index in [1.54, 1.807) is 0 Å². The van der Waals surface area contributed by atoms with E-state index in [0.717, 1.165) is 32.1 Å². The van der Waals surface area contributed by atoms with Crippen molar-refractivity contribution >= 4 is 17.7 Å². The molecule has 1 N–H and O–H groups in total. The Labute approximate surface area is 120 Å². The fourth-order valence-electron chi connectivity index (χ4n) is 2.26. The first-order valence-electron chi connectivity index (χ1n) is 7.58. The van der Waals surface area contributed by atoms with Gasteiger partial charge in [0.15, 0.2) is 5.78 Å². The number of Topliss-reactive ketones (excluding diaryl/α,β-unsaturated/α-hetero) is 1. The van der Waals surface area contributed by atoms with Crippen molar-refractivity contribution in [1.29, 1.82) is 0 Å². The van der Waals surface area contributed by atoms with E-state index < -0.39 is 0 Å². The predicted molar refractivity (Wildman–Crippen MR) is 75.1 cm³/mol. The molecule has 1 aliphatic heterocycles. The van der Waals surface area contributed by atoms with Gasteiger partial charge in [-0.1, -0.05) is 26.2 Å². The van der Waals surface area contributed by atoms with Gasteiger partial charge in [-0.2, -0.15) is 0 Å². The highest BCUT2D eigenvalue weighted by Gasteiger charge is 2.24. The summed E-state index contributed by atoms with van der Waals surface area (Å²) < 4.78 is 4.94. The highest BCUT2D eigenvalue weighted by molar-refractivity contribution is 5.84. The number of esters is 1. The van der Waals surface area contributed by atoms with E-state index in [9.17, 15) is 14.4 Å². The van der Waals surface area contributed by atoms with Crippen LogP contribution in [0.25, 0.3) is 0 Å². The average molecular weight is 283 g/mol. The number of amides is 1. The lowest BCUT2D eigenvalue weighted by Crippen LogP contribution is -2.20. The molecule has 1 rings (SSSR count). The van der Waals surface area contributed by atoms with Crippen LogP contribution < -0.4 is 5.32 Å². The standard InChI is InChI=1S/C15H25NO4/c1-2-3-4-5-6-14(18)20-11-13(17)8-7-12-9-10-16-15(12)19/h12H,2-11H2,1H3,(H,16,19)/t12-/m0/s1. The van der Waals surface area contributed by atoms with Crippen LogP contribution in [0.4, 0.5) is 0 Å². The van der Waals surface area contributed by atoms with Crippen molar-refractivity contribution < 1.29 is 19.1 Å². The molecule has 5 nitrogen and oxygen atoms in total. The van der Waals surface area contributed by atoms with Crippen LogP contribution in [0.2, 0.25) is 0 Å². The number of hydrogen-bond acceptors (Lipinski definition) is 4. The van der Waals surface area contributed by atoms with Gasteiger partial charge < -0.3 is 10.1 Å². The minimum atomic E-state index is -0.298. The first-order chi connectivity index (χ1) is 9.63. The molecule has 0 aromatic heterocycles. The summed E-state index contributed by atoms with van der Waals surface area (Å²) in [6, 6.07) is 0. The van der Waals surface area contributed by atoms with Crippen LogP contribution in [-0.4, -0.2) is 30.8 Å². The van der Waals surface area contributed by atoms with Crippen LogP contribution >= 0.6 is 0 Å². The van der Waals surface area contributed by atoms with Crippen LogP contribution in [0.5, 0.6) is 0 Å². The van der Waals surface area contributed by atoms with Gasteiger partial charge >= 0.3 is 5.97 Å². The molecule has 1 saturated heterocycles. The molecule has 0 unspecified atom stereocenters. The second-order valence-electron chi connectivity index (χ2n) is 5.33. The minimum Gasteiger partial charge on any atom is -0.458 e. The second-order valence-corrected chi connectivity index (χ2v) is 5.33. The molecule has 0 saturated carbocycles. The van der Waals surface area contributed by atoms with Gasteiger partial charge in [0, 0.05) is 25.3 Å². The number of ether oxygens (including phenoxy) is 1. The maximum Gasteiger partial charge on any atom is 0.306 e. The molecule has 5 heteroatoms. The number of rotatable bonds is 10. The molecule has 1 atom stereocenters. The topological polar surface area (TPSA) is 72.5 Å². The van der Waals surface area contributed by atoms with Gasteiger partial charge in [0.2, 0.25) is 5.91 Å². The van der Waals surface area contributed by atoms with E-state index in [1.165, 1.54) is 0 Å². The Morgan fingerprint density at radius 1 is 1.25 bits per heavy atom. The molecule has 0 bridgehead atoms. The van der Waals surface area contributed by atoms with Gasteiger partial charge in [-0.15, -0.1) is 0 Å². The lowest BCUT2D eigenvalue weighted by Gasteiger charge is -2.07. The van der Waals surface area contributed by atoms with Crippen LogP contribution in [0.3, 0.4) is 0 Å². The molecule has 0 aromatic rings. The first kappa shape index (κ1) is 16.7. The third kappa shape index (κ3) is 6.68.